The van der Waals surface area contributed by atoms with Gasteiger partial charge in [0, 0.05) is 0 Å². The fraction of sp³-hybridized carbons (Fsp3) is 0.0625. The van der Waals surface area contributed by atoms with E-state index in [4.69, 9.17) is 5.73 Å². The Balaban J connectivity index is 2.44. The number of carbonyl (C=O) groups is 1. The van der Waals surface area contributed by atoms with Crippen LogP contribution >= 0.6 is 0 Å². The van der Waals surface area contributed by atoms with Crippen LogP contribution in [-0.4, -0.2) is 20.3 Å². The van der Waals surface area contributed by atoms with Gasteiger partial charge in [-0.05, 0) is 0 Å². The Morgan fingerprint density at radius 2 is 1.79 bits per heavy atom. The molecule has 2 N–H and O–H groups in total. The second-order valence-corrected chi connectivity index (χ2v) is 6.66. The average Bonchev–Trinajstić information content (AvgIpc) is 2.81. The molecule has 2 aromatic carbocycles. The van der Waals surface area contributed by atoms with Crippen molar-refractivity contribution in [3.05, 3.63) is 53.0 Å². The van der Waals surface area contributed by atoms with E-state index in [2.05, 4.69) is 6.07 Å². The predicted molar refractivity (Wildman–Crippen MR) is 80.7 cm³/mol. The monoisotopic (exact) mass is 315 g/mol. The van der Waals surface area contributed by atoms with Gasteiger partial charge in [0.2, 0.25) is 0 Å². The van der Waals surface area contributed by atoms with E-state index in [0.29, 0.717) is 0 Å². The van der Waals surface area contributed by atoms with Crippen molar-refractivity contribution in [2.24, 2.45) is 0 Å². The zero-order chi connectivity index (χ0) is 13.4. The molecule has 94 valence electrons. The van der Waals surface area contributed by atoms with Crippen molar-refractivity contribution in [2.45, 2.75) is 6.92 Å². The summed E-state index contributed by atoms with van der Waals surface area (Å²) in [6.45, 7) is 1.64. The van der Waals surface area contributed by atoms with Gasteiger partial charge in [-0.15, -0.1) is 0 Å². The first-order chi connectivity index (χ1) is 9.18. The van der Waals surface area contributed by atoms with Crippen LogP contribution in [0, 0.1) is 0 Å². The first-order valence-electron chi connectivity index (χ1n) is 6.06. The number of hydrogen-bond acceptors (Lipinski definition) is 2. The van der Waals surface area contributed by atoms with Gasteiger partial charge < -0.3 is 0 Å². The van der Waals surface area contributed by atoms with Crippen molar-refractivity contribution in [1.29, 1.82) is 0 Å². The summed E-state index contributed by atoms with van der Waals surface area (Å²) in [7, 11) is 0. The Morgan fingerprint density at radius 3 is 2.47 bits per heavy atom. The SMILES string of the molecule is CC(=O)c1[se]c2cccc(N)c2c1-c1ccccc1. The van der Waals surface area contributed by atoms with E-state index in [0.717, 1.165) is 26.6 Å². The minimum absolute atomic E-state index is 0.0573. The molecule has 0 saturated heterocycles. The standard InChI is InChI=1S/C16H13NOSe/c1-10(18)16-14(11-6-3-2-4-7-11)15-12(17)8-5-9-13(15)19-16/h2-9H,17H2,1H3. The van der Waals surface area contributed by atoms with Gasteiger partial charge in [0.25, 0.3) is 0 Å². The van der Waals surface area contributed by atoms with E-state index in [1.807, 2.05) is 42.5 Å². The average molecular weight is 314 g/mol. The van der Waals surface area contributed by atoms with Crippen LogP contribution in [-0.2, 0) is 0 Å². The molecule has 3 rings (SSSR count). The van der Waals surface area contributed by atoms with Crippen molar-refractivity contribution >= 4 is 35.6 Å². The van der Waals surface area contributed by atoms with Gasteiger partial charge in [-0.25, -0.2) is 0 Å². The molecule has 0 radical (unpaired) electrons. The van der Waals surface area contributed by atoms with Gasteiger partial charge in [-0.3, -0.25) is 0 Å². The van der Waals surface area contributed by atoms with Crippen LogP contribution in [0.5, 0.6) is 0 Å². The van der Waals surface area contributed by atoms with Gasteiger partial charge in [0.15, 0.2) is 0 Å². The summed E-state index contributed by atoms with van der Waals surface area (Å²) in [6.07, 6.45) is 0. The third-order valence-electron chi connectivity index (χ3n) is 3.13. The predicted octanol–water partition coefficient (Wildman–Crippen LogP) is 3.35. The third kappa shape index (κ3) is 2.01. The van der Waals surface area contributed by atoms with Crippen LogP contribution in [0.3, 0.4) is 0 Å². The molecule has 0 bridgehead atoms. The molecular weight excluding hydrogens is 301 g/mol. The molecule has 0 saturated carbocycles. The molecule has 3 heteroatoms. The van der Waals surface area contributed by atoms with Crippen molar-refractivity contribution in [3.63, 3.8) is 0 Å². The van der Waals surface area contributed by atoms with Crippen LogP contribution in [0.15, 0.2) is 48.5 Å². The van der Waals surface area contributed by atoms with Crippen LogP contribution in [0.4, 0.5) is 5.69 Å². The Hall–Kier alpha value is -1.83. The second-order valence-electron chi connectivity index (χ2n) is 4.45. The Bertz CT molecular complexity index is 759. The van der Waals surface area contributed by atoms with Crippen LogP contribution < -0.4 is 5.73 Å². The quantitative estimate of drug-likeness (QED) is 0.448. The number of nitrogens with two attached hydrogens (primary N) is 1. The summed E-state index contributed by atoms with van der Waals surface area (Å²) in [4.78, 5) is 11.9. The molecule has 19 heavy (non-hydrogen) atoms. The summed E-state index contributed by atoms with van der Waals surface area (Å²) in [5.41, 5.74) is 8.99. The van der Waals surface area contributed by atoms with Crippen LogP contribution in [0.25, 0.3) is 20.8 Å². The van der Waals surface area contributed by atoms with E-state index in [9.17, 15) is 4.79 Å². The molecular formula is C16H13NOSe. The maximum atomic E-state index is 11.9. The summed E-state index contributed by atoms with van der Waals surface area (Å²) in [6, 6.07) is 16.0. The number of rotatable bonds is 2. The number of fused-ring (bicyclic) bond motifs is 1. The van der Waals surface area contributed by atoms with Crippen molar-refractivity contribution in [3.8, 4) is 11.1 Å². The van der Waals surface area contributed by atoms with Crippen LogP contribution in [0.1, 0.15) is 16.2 Å². The van der Waals surface area contributed by atoms with Crippen molar-refractivity contribution < 1.29 is 4.79 Å². The van der Waals surface area contributed by atoms with E-state index < -0.39 is 0 Å². The van der Waals surface area contributed by atoms with E-state index in [-0.39, 0.29) is 20.3 Å². The molecule has 0 fully saturated rings. The first kappa shape index (κ1) is 12.2. The van der Waals surface area contributed by atoms with E-state index >= 15 is 0 Å². The topological polar surface area (TPSA) is 43.1 Å². The summed E-state index contributed by atoms with van der Waals surface area (Å²) in [5, 5.41) is 1.05. The van der Waals surface area contributed by atoms with Gasteiger partial charge in [0.05, 0.1) is 0 Å². The van der Waals surface area contributed by atoms with Crippen molar-refractivity contribution in [2.75, 3.05) is 5.73 Å². The zero-order valence-electron chi connectivity index (χ0n) is 10.5. The normalized spacial score (nSPS) is 10.8. The third-order valence-corrected chi connectivity index (χ3v) is 5.76. The van der Waals surface area contributed by atoms with Gasteiger partial charge in [0.1, 0.15) is 0 Å². The molecule has 0 spiro atoms. The molecule has 0 unspecified atom stereocenters. The Labute approximate surface area is 117 Å². The summed E-state index contributed by atoms with van der Waals surface area (Å²) < 4.78 is 2.13. The second kappa shape index (κ2) is 4.69. The molecule has 3 aromatic rings. The Kier molecular flexibility index (Phi) is 3.01. The number of ketones is 1. The molecule has 0 aliphatic rings. The number of Topliss-reactive ketones (excluding diaryl/α,β-unsaturated/α-hetero) is 1. The fourth-order valence-electron chi connectivity index (χ4n) is 2.30. The Morgan fingerprint density at radius 1 is 1.05 bits per heavy atom. The van der Waals surface area contributed by atoms with Gasteiger partial charge in [-0.2, -0.15) is 0 Å². The summed E-state index contributed by atoms with van der Waals surface area (Å²) >= 11 is 0.0573. The molecule has 0 atom stereocenters. The van der Waals surface area contributed by atoms with Crippen LogP contribution in [0.2, 0.25) is 0 Å². The zero-order valence-corrected chi connectivity index (χ0v) is 12.2. The van der Waals surface area contributed by atoms with Crippen molar-refractivity contribution in [1.82, 2.24) is 0 Å². The number of anilines is 1. The number of benzene rings is 2. The van der Waals surface area contributed by atoms with E-state index in [1.165, 1.54) is 4.26 Å². The minimum atomic E-state index is 0.0573. The van der Waals surface area contributed by atoms with Gasteiger partial charge >= 0.3 is 117 Å². The van der Waals surface area contributed by atoms with E-state index in [1.54, 1.807) is 6.92 Å². The molecule has 0 aliphatic heterocycles. The molecule has 0 aliphatic carbocycles. The fourth-order valence-corrected chi connectivity index (χ4v) is 4.72. The molecule has 2 nitrogen and oxygen atoms in total. The number of nitrogen functional groups attached to an aromatic ring is 1. The number of carbonyl (C=O) groups excluding carboxylic acids is 1. The maximum absolute atomic E-state index is 11.9. The molecule has 1 heterocycles. The first-order valence-corrected chi connectivity index (χ1v) is 7.77. The number of hydrogen-bond donors (Lipinski definition) is 1. The van der Waals surface area contributed by atoms with Gasteiger partial charge in [-0.1, -0.05) is 0 Å². The molecule has 0 amide bonds. The molecule has 1 aromatic heterocycles. The summed E-state index contributed by atoms with van der Waals surface area (Å²) in [5.74, 6) is 0.148.